The molecular weight excluding hydrogens is 220 g/mol. The first-order valence-corrected chi connectivity index (χ1v) is 8.78. The van der Waals surface area contributed by atoms with Crippen molar-refractivity contribution < 1.29 is 0 Å². The minimum atomic E-state index is 1.05. The average Bonchev–Trinajstić information content (AvgIpc) is 3.01. The molecule has 0 nitrogen and oxygen atoms in total. The summed E-state index contributed by atoms with van der Waals surface area (Å²) in [6.45, 7) is 0. The third-order valence-electron chi connectivity index (χ3n) is 4.51. The van der Waals surface area contributed by atoms with Gasteiger partial charge >= 0.3 is 0 Å². The van der Waals surface area contributed by atoms with Gasteiger partial charge in [0, 0.05) is 10.5 Å². The van der Waals surface area contributed by atoms with E-state index < -0.39 is 0 Å². The van der Waals surface area contributed by atoms with Crippen LogP contribution < -0.4 is 0 Å². The van der Waals surface area contributed by atoms with Crippen molar-refractivity contribution in [2.75, 3.05) is 11.5 Å². The van der Waals surface area contributed by atoms with Gasteiger partial charge in [0.25, 0.3) is 0 Å². The maximum absolute atomic E-state index is 2.29. The Morgan fingerprint density at radius 2 is 1.13 bits per heavy atom. The topological polar surface area (TPSA) is 0 Å². The Balaban J connectivity index is 1.65. The molecule has 4 unspecified atom stereocenters. The Labute approximate surface area is 102 Å². The van der Waals surface area contributed by atoms with Gasteiger partial charge in [-0.1, -0.05) is 6.42 Å². The van der Waals surface area contributed by atoms with Crippen molar-refractivity contribution in [3.05, 3.63) is 0 Å². The van der Waals surface area contributed by atoms with E-state index in [0.717, 1.165) is 22.3 Å². The maximum atomic E-state index is 2.29. The molecule has 0 aromatic heterocycles. The summed E-state index contributed by atoms with van der Waals surface area (Å²) in [5.74, 6) is 5.11. The van der Waals surface area contributed by atoms with Gasteiger partial charge in [-0.2, -0.15) is 23.5 Å². The molecule has 4 atom stereocenters. The van der Waals surface area contributed by atoms with Crippen LogP contribution in [0.15, 0.2) is 0 Å². The maximum Gasteiger partial charge on any atom is 0.00786 e. The minimum Gasteiger partial charge on any atom is -0.158 e. The molecule has 1 saturated carbocycles. The Kier molecular flexibility index (Phi) is 3.55. The van der Waals surface area contributed by atoms with E-state index in [9.17, 15) is 0 Å². The lowest BCUT2D eigenvalue weighted by molar-refractivity contribution is 0.356. The standard InChI is InChI=1S/C13H22S2/c1-4-10(12-6-2-8-14-12)11(5-1)13-7-3-9-15-13/h10-13H,1-9H2. The van der Waals surface area contributed by atoms with Gasteiger partial charge in [-0.3, -0.25) is 0 Å². The van der Waals surface area contributed by atoms with Gasteiger partial charge in [-0.05, 0) is 61.9 Å². The fraction of sp³-hybridized carbons (Fsp3) is 1.00. The first-order chi connectivity index (χ1) is 7.45. The monoisotopic (exact) mass is 242 g/mol. The Bertz CT molecular complexity index is 183. The van der Waals surface area contributed by atoms with Crippen LogP contribution in [0.3, 0.4) is 0 Å². The van der Waals surface area contributed by atoms with E-state index in [1.54, 1.807) is 12.8 Å². The normalized spacial score (nSPS) is 46.4. The smallest absolute Gasteiger partial charge is 0.00786 e. The largest absolute Gasteiger partial charge is 0.158 e. The van der Waals surface area contributed by atoms with Gasteiger partial charge in [-0.25, -0.2) is 0 Å². The van der Waals surface area contributed by atoms with Crippen molar-refractivity contribution >= 4 is 23.5 Å². The summed E-state index contributed by atoms with van der Waals surface area (Å²) in [6.07, 6.45) is 10.7. The molecule has 3 aliphatic rings. The third kappa shape index (κ3) is 2.22. The first kappa shape index (κ1) is 10.8. The summed E-state index contributed by atoms with van der Waals surface area (Å²) in [5.41, 5.74) is 0. The lowest BCUT2D eigenvalue weighted by atomic mass is 9.87. The molecule has 2 aliphatic heterocycles. The molecule has 86 valence electrons. The van der Waals surface area contributed by atoms with Crippen LogP contribution in [0.2, 0.25) is 0 Å². The van der Waals surface area contributed by atoms with Gasteiger partial charge in [-0.15, -0.1) is 0 Å². The van der Waals surface area contributed by atoms with E-state index in [0.29, 0.717) is 0 Å². The summed E-state index contributed by atoms with van der Waals surface area (Å²) in [4.78, 5) is 0. The van der Waals surface area contributed by atoms with E-state index in [1.807, 2.05) is 0 Å². The summed E-state index contributed by atoms with van der Waals surface area (Å²) in [5, 5.41) is 2.11. The SMILES string of the molecule is C1CSC(C2CCCC2C2CCCS2)C1. The van der Waals surface area contributed by atoms with Crippen LogP contribution in [0.25, 0.3) is 0 Å². The van der Waals surface area contributed by atoms with Crippen LogP contribution in [0.5, 0.6) is 0 Å². The summed E-state index contributed by atoms with van der Waals surface area (Å²) >= 11 is 4.59. The highest BCUT2D eigenvalue weighted by Gasteiger charge is 2.40. The van der Waals surface area contributed by atoms with Crippen LogP contribution >= 0.6 is 23.5 Å². The molecule has 2 saturated heterocycles. The lowest BCUT2D eigenvalue weighted by Gasteiger charge is -2.28. The quantitative estimate of drug-likeness (QED) is 0.712. The van der Waals surface area contributed by atoms with Crippen LogP contribution in [0, 0.1) is 11.8 Å². The van der Waals surface area contributed by atoms with Crippen LogP contribution in [-0.4, -0.2) is 22.0 Å². The van der Waals surface area contributed by atoms with Crippen LogP contribution in [0.4, 0.5) is 0 Å². The molecule has 1 aliphatic carbocycles. The van der Waals surface area contributed by atoms with Crippen molar-refractivity contribution in [1.29, 1.82) is 0 Å². The second-order valence-electron chi connectivity index (χ2n) is 5.36. The summed E-state index contributed by atoms with van der Waals surface area (Å²) in [7, 11) is 0. The van der Waals surface area contributed by atoms with Crippen LogP contribution in [0.1, 0.15) is 44.9 Å². The molecule has 0 bridgehead atoms. The second-order valence-corrected chi connectivity index (χ2v) is 8.06. The van der Waals surface area contributed by atoms with Gasteiger partial charge in [0.1, 0.15) is 0 Å². The fourth-order valence-electron chi connectivity index (χ4n) is 3.82. The Morgan fingerprint density at radius 3 is 1.53 bits per heavy atom. The molecule has 3 rings (SSSR count). The highest BCUT2D eigenvalue weighted by molar-refractivity contribution is 8.00. The van der Waals surface area contributed by atoms with Gasteiger partial charge in [0.05, 0.1) is 0 Å². The van der Waals surface area contributed by atoms with E-state index in [2.05, 4.69) is 23.5 Å². The predicted octanol–water partition coefficient (Wildman–Crippen LogP) is 4.19. The molecule has 2 heteroatoms. The predicted molar refractivity (Wildman–Crippen MR) is 71.8 cm³/mol. The average molecular weight is 242 g/mol. The molecule has 2 heterocycles. The van der Waals surface area contributed by atoms with Gasteiger partial charge in [0.2, 0.25) is 0 Å². The lowest BCUT2D eigenvalue weighted by Crippen LogP contribution is -2.26. The van der Waals surface area contributed by atoms with Crippen molar-refractivity contribution in [2.45, 2.75) is 55.4 Å². The zero-order valence-corrected chi connectivity index (χ0v) is 11.1. The van der Waals surface area contributed by atoms with E-state index >= 15 is 0 Å². The van der Waals surface area contributed by atoms with Gasteiger partial charge in [0.15, 0.2) is 0 Å². The fourth-order valence-corrected chi connectivity index (χ4v) is 6.93. The molecule has 0 spiro atoms. The minimum absolute atomic E-state index is 1.05. The van der Waals surface area contributed by atoms with Crippen molar-refractivity contribution in [3.8, 4) is 0 Å². The number of thioether (sulfide) groups is 2. The highest BCUT2D eigenvalue weighted by Crippen LogP contribution is 2.49. The van der Waals surface area contributed by atoms with Crippen LogP contribution in [-0.2, 0) is 0 Å². The number of hydrogen-bond acceptors (Lipinski definition) is 2. The number of hydrogen-bond donors (Lipinski definition) is 0. The van der Waals surface area contributed by atoms with E-state index in [4.69, 9.17) is 0 Å². The highest BCUT2D eigenvalue weighted by atomic mass is 32.2. The Morgan fingerprint density at radius 1 is 0.600 bits per heavy atom. The third-order valence-corrected chi connectivity index (χ3v) is 7.59. The molecular formula is C13H22S2. The number of rotatable bonds is 2. The molecule has 0 N–H and O–H groups in total. The zero-order chi connectivity index (χ0) is 10.1. The molecule has 15 heavy (non-hydrogen) atoms. The molecule has 0 aromatic carbocycles. The van der Waals surface area contributed by atoms with Gasteiger partial charge < -0.3 is 0 Å². The summed E-state index contributed by atoms with van der Waals surface area (Å²) < 4.78 is 0. The van der Waals surface area contributed by atoms with Crippen molar-refractivity contribution in [3.63, 3.8) is 0 Å². The molecule has 0 aromatic rings. The molecule has 3 fully saturated rings. The van der Waals surface area contributed by atoms with Crippen molar-refractivity contribution in [2.24, 2.45) is 11.8 Å². The zero-order valence-electron chi connectivity index (χ0n) is 9.49. The van der Waals surface area contributed by atoms with Crippen molar-refractivity contribution in [1.82, 2.24) is 0 Å². The van der Waals surface area contributed by atoms with E-state index in [1.165, 1.54) is 43.6 Å². The first-order valence-electron chi connectivity index (χ1n) is 6.68. The van der Waals surface area contributed by atoms with E-state index in [-0.39, 0.29) is 0 Å². The second kappa shape index (κ2) is 4.91. The molecule has 0 amide bonds. The summed E-state index contributed by atoms with van der Waals surface area (Å²) in [6, 6.07) is 0. The molecule has 0 radical (unpaired) electrons. The Hall–Kier alpha value is 0.700.